The lowest BCUT2D eigenvalue weighted by molar-refractivity contribution is -0.146. The van der Waals surface area contributed by atoms with Crippen molar-refractivity contribution in [1.29, 1.82) is 0 Å². The Bertz CT molecular complexity index is 450. The number of phenolic OH excluding ortho intramolecular Hbond substituents is 2. The van der Waals surface area contributed by atoms with Gasteiger partial charge in [0.2, 0.25) is 0 Å². The Kier molecular flexibility index (Phi) is 6.23. The predicted molar refractivity (Wildman–Crippen MR) is 70.1 cm³/mol. The van der Waals surface area contributed by atoms with Gasteiger partial charge in [0.25, 0.3) is 0 Å². The van der Waals surface area contributed by atoms with Crippen molar-refractivity contribution in [3.8, 4) is 11.5 Å². The van der Waals surface area contributed by atoms with Gasteiger partial charge in [0.05, 0.1) is 19.3 Å². The van der Waals surface area contributed by atoms with Crippen LogP contribution in [-0.4, -0.2) is 51.8 Å². The van der Waals surface area contributed by atoms with E-state index in [-0.39, 0.29) is 30.9 Å². The maximum Gasteiger partial charge on any atom is 0.323 e. The number of aliphatic hydroxyl groups is 2. The summed E-state index contributed by atoms with van der Waals surface area (Å²) < 4.78 is 4.86. The molecular weight excluding hydrogens is 266 g/mol. The van der Waals surface area contributed by atoms with Crippen LogP contribution in [0.25, 0.3) is 0 Å². The maximum atomic E-state index is 11.6. The summed E-state index contributed by atoms with van der Waals surface area (Å²) in [6, 6.07) is 3.25. The van der Waals surface area contributed by atoms with Gasteiger partial charge in [-0.25, -0.2) is 0 Å². The van der Waals surface area contributed by atoms with Gasteiger partial charge in [-0.2, -0.15) is 0 Å². The standard InChI is InChI=1S/C13H19NO6/c14-10(13(19)20-4-3-9(16)7-15)5-8-1-2-11(17)12(18)6-8/h1-2,6,9-10,15-18H,3-5,7,14H2. The number of ether oxygens (including phenoxy) is 1. The summed E-state index contributed by atoms with van der Waals surface area (Å²) in [4.78, 5) is 11.6. The van der Waals surface area contributed by atoms with Gasteiger partial charge in [-0.15, -0.1) is 0 Å². The van der Waals surface area contributed by atoms with Crippen LogP contribution in [-0.2, 0) is 16.0 Å². The second-order valence-corrected chi connectivity index (χ2v) is 4.43. The van der Waals surface area contributed by atoms with Gasteiger partial charge in [-0.05, 0) is 24.1 Å². The molecule has 112 valence electrons. The van der Waals surface area contributed by atoms with E-state index in [9.17, 15) is 9.90 Å². The molecule has 0 aromatic heterocycles. The Morgan fingerprint density at radius 2 is 2.00 bits per heavy atom. The summed E-state index contributed by atoms with van der Waals surface area (Å²) in [5.74, 6) is -1.17. The average Bonchev–Trinajstić information content (AvgIpc) is 2.42. The molecule has 20 heavy (non-hydrogen) atoms. The maximum absolute atomic E-state index is 11.6. The Balaban J connectivity index is 2.43. The van der Waals surface area contributed by atoms with Crippen molar-refractivity contribution in [3.05, 3.63) is 23.8 Å². The fourth-order valence-electron chi connectivity index (χ4n) is 1.53. The first-order chi connectivity index (χ1) is 9.43. The van der Waals surface area contributed by atoms with E-state index in [0.717, 1.165) is 0 Å². The van der Waals surface area contributed by atoms with Crippen LogP contribution in [0.5, 0.6) is 11.5 Å². The molecule has 0 saturated heterocycles. The molecule has 0 spiro atoms. The SMILES string of the molecule is NC(Cc1ccc(O)c(O)c1)C(=O)OCCC(O)CO. The molecule has 0 aliphatic carbocycles. The van der Waals surface area contributed by atoms with Gasteiger partial charge in [0.1, 0.15) is 6.04 Å². The van der Waals surface area contributed by atoms with E-state index in [1.54, 1.807) is 0 Å². The zero-order chi connectivity index (χ0) is 15.1. The molecule has 7 heteroatoms. The predicted octanol–water partition coefficient (Wildman–Crippen LogP) is -0.746. The van der Waals surface area contributed by atoms with Crippen LogP contribution in [0.3, 0.4) is 0 Å². The molecule has 0 amide bonds. The van der Waals surface area contributed by atoms with E-state index in [0.29, 0.717) is 5.56 Å². The van der Waals surface area contributed by atoms with Crippen molar-refractivity contribution in [1.82, 2.24) is 0 Å². The highest BCUT2D eigenvalue weighted by Crippen LogP contribution is 2.25. The highest BCUT2D eigenvalue weighted by atomic mass is 16.5. The molecule has 2 atom stereocenters. The van der Waals surface area contributed by atoms with E-state index >= 15 is 0 Å². The number of nitrogens with two attached hydrogens (primary N) is 1. The van der Waals surface area contributed by atoms with Gasteiger partial charge >= 0.3 is 5.97 Å². The lowest BCUT2D eigenvalue weighted by Gasteiger charge is -2.13. The molecule has 0 radical (unpaired) electrons. The molecule has 0 saturated carbocycles. The summed E-state index contributed by atoms with van der Waals surface area (Å²) in [7, 11) is 0. The van der Waals surface area contributed by atoms with Crippen LogP contribution in [0.2, 0.25) is 0 Å². The first-order valence-corrected chi connectivity index (χ1v) is 6.16. The minimum atomic E-state index is -0.923. The Morgan fingerprint density at radius 3 is 2.60 bits per heavy atom. The number of hydrogen-bond acceptors (Lipinski definition) is 7. The van der Waals surface area contributed by atoms with Crippen molar-refractivity contribution in [3.63, 3.8) is 0 Å². The number of aliphatic hydroxyl groups excluding tert-OH is 2. The van der Waals surface area contributed by atoms with Crippen LogP contribution in [0.15, 0.2) is 18.2 Å². The number of phenols is 2. The summed E-state index contributed by atoms with van der Waals surface area (Å²) in [5, 5.41) is 36.2. The molecule has 0 fully saturated rings. The third-order valence-electron chi connectivity index (χ3n) is 2.70. The van der Waals surface area contributed by atoms with E-state index in [1.807, 2.05) is 0 Å². The zero-order valence-corrected chi connectivity index (χ0v) is 10.9. The topological polar surface area (TPSA) is 133 Å². The molecular formula is C13H19NO6. The molecule has 2 unspecified atom stereocenters. The second kappa shape index (κ2) is 7.68. The second-order valence-electron chi connectivity index (χ2n) is 4.43. The van der Waals surface area contributed by atoms with Gasteiger partial charge in [0, 0.05) is 6.42 Å². The van der Waals surface area contributed by atoms with Crippen LogP contribution in [0, 0.1) is 0 Å². The molecule has 6 N–H and O–H groups in total. The van der Waals surface area contributed by atoms with Gasteiger partial charge in [-0.1, -0.05) is 6.07 Å². The molecule has 1 aromatic carbocycles. The van der Waals surface area contributed by atoms with E-state index in [4.69, 9.17) is 25.8 Å². The minimum absolute atomic E-state index is 0.0327. The van der Waals surface area contributed by atoms with Gasteiger partial charge in [-0.3, -0.25) is 4.79 Å². The van der Waals surface area contributed by atoms with Crippen LogP contribution >= 0.6 is 0 Å². The quantitative estimate of drug-likeness (QED) is 0.329. The highest BCUT2D eigenvalue weighted by Gasteiger charge is 2.17. The van der Waals surface area contributed by atoms with Gasteiger partial charge in [0.15, 0.2) is 11.5 Å². The number of carbonyl (C=O) groups is 1. The lowest BCUT2D eigenvalue weighted by Crippen LogP contribution is -2.35. The molecule has 1 aromatic rings. The molecule has 7 nitrogen and oxygen atoms in total. The van der Waals surface area contributed by atoms with Crippen LogP contribution < -0.4 is 5.73 Å². The van der Waals surface area contributed by atoms with Crippen LogP contribution in [0.1, 0.15) is 12.0 Å². The molecule has 0 heterocycles. The summed E-state index contributed by atoms with van der Waals surface area (Å²) >= 11 is 0. The average molecular weight is 285 g/mol. The van der Waals surface area contributed by atoms with E-state index < -0.39 is 24.7 Å². The van der Waals surface area contributed by atoms with E-state index in [1.165, 1.54) is 18.2 Å². The Hall–Kier alpha value is -1.83. The molecule has 0 aliphatic rings. The summed E-state index contributed by atoms with van der Waals surface area (Å²) in [6.45, 7) is -0.425. The number of benzene rings is 1. The van der Waals surface area contributed by atoms with Crippen LogP contribution in [0.4, 0.5) is 0 Å². The Labute approximate surface area is 116 Å². The van der Waals surface area contributed by atoms with E-state index in [2.05, 4.69) is 0 Å². The first kappa shape index (κ1) is 16.2. The molecule has 1 rings (SSSR count). The smallest absolute Gasteiger partial charge is 0.323 e. The normalized spacial score (nSPS) is 13.8. The number of esters is 1. The molecule has 0 bridgehead atoms. The largest absolute Gasteiger partial charge is 0.504 e. The summed E-state index contributed by atoms with van der Waals surface area (Å²) in [6.07, 6.45) is -0.641. The third kappa shape index (κ3) is 5.04. The number of rotatable bonds is 7. The van der Waals surface area contributed by atoms with Crippen molar-refractivity contribution < 1.29 is 30.0 Å². The first-order valence-electron chi connectivity index (χ1n) is 6.16. The monoisotopic (exact) mass is 285 g/mol. The fraction of sp³-hybridized carbons (Fsp3) is 0.462. The minimum Gasteiger partial charge on any atom is -0.504 e. The van der Waals surface area contributed by atoms with Gasteiger partial charge < -0.3 is 30.9 Å². The number of hydrogen-bond donors (Lipinski definition) is 5. The van der Waals surface area contributed by atoms with Crippen molar-refractivity contribution in [2.75, 3.05) is 13.2 Å². The van der Waals surface area contributed by atoms with Crippen molar-refractivity contribution >= 4 is 5.97 Å². The third-order valence-corrected chi connectivity index (χ3v) is 2.70. The summed E-state index contributed by atoms with van der Waals surface area (Å²) in [5.41, 5.74) is 6.24. The number of aromatic hydroxyl groups is 2. The molecule has 0 aliphatic heterocycles. The highest BCUT2D eigenvalue weighted by molar-refractivity contribution is 5.75. The fourth-order valence-corrected chi connectivity index (χ4v) is 1.53. The van der Waals surface area contributed by atoms with Crippen molar-refractivity contribution in [2.24, 2.45) is 5.73 Å². The Morgan fingerprint density at radius 1 is 1.30 bits per heavy atom. The van der Waals surface area contributed by atoms with Crippen molar-refractivity contribution in [2.45, 2.75) is 25.0 Å². The zero-order valence-electron chi connectivity index (χ0n) is 10.9. The number of carbonyl (C=O) groups excluding carboxylic acids is 1. The lowest BCUT2D eigenvalue weighted by atomic mass is 10.1.